The highest BCUT2D eigenvalue weighted by Crippen LogP contribution is 2.45. The van der Waals surface area contributed by atoms with Gasteiger partial charge in [0.1, 0.15) is 40.0 Å². The molecule has 0 aliphatic rings. The van der Waals surface area contributed by atoms with Crippen LogP contribution in [0.2, 0.25) is 0 Å². The molecule has 6 nitrogen and oxygen atoms in total. The normalized spacial score (nSPS) is 10.1. The third-order valence-corrected chi connectivity index (χ3v) is 5.33. The first-order chi connectivity index (χ1) is 14.0. The summed E-state index contributed by atoms with van der Waals surface area (Å²) in [6, 6.07) is 17.4. The predicted octanol–water partition coefficient (Wildman–Crippen LogP) is 4.55. The molecule has 0 bridgehead atoms. The van der Waals surface area contributed by atoms with Gasteiger partial charge in [-0.1, -0.05) is 35.5 Å². The first kappa shape index (κ1) is 20.1. The smallest absolute Gasteiger partial charge is 0.143 e. The minimum Gasteiger partial charge on any atom is -0.496 e. The van der Waals surface area contributed by atoms with Crippen molar-refractivity contribution >= 4 is 17.6 Å². The summed E-state index contributed by atoms with van der Waals surface area (Å²) in [6.07, 6.45) is 0. The largest absolute Gasteiger partial charge is 0.496 e. The molecule has 29 heavy (non-hydrogen) atoms. The van der Waals surface area contributed by atoms with Gasteiger partial charge in [-0.2, -0.15) is 10.5 Å². The van der Waals surface area contributed by atoms with E-state index in [1.54, 1.807) is 18.2 Å². The van der Waals surface area contributed by atoms with Crippen LogP contribution >= 0.6 is 11.8 Å². The molecule has 0 aliphatic heterocycles. The summed E-state index contributed by atoms with van der Waals surface area (Å²) in [5, 5.41) is 20.1. The van der Waals surface area contributed by atoms with Crippen molar-refractivity contribution in [3.05, 3.63) is 59.2 Å². The van der Waals surface area contributed by atoms with Gasteiger partial charge >= 0.3 is 0 Å². The lowest BCUT2D eigenvalue weighted by molar-refractivity contribution is 0.397. The summed E-state index contributed by atoms with van der Waals surface area (Å²) in [5.41, 5.74) is 8.44. The molecule has 144 valence electrons. The number of aryl methyl sites for hydroxylation is 1. The summed E-state index contributed by atoms with van der Waals surface area (Å²) in [4.78, 5) is 5.25. The Morgan fingerprint density at radius 1 is 0.897 bits per heavy atom. The third-order valence-electron chi connectivity index (χ3n) is 4.33. The summed E-state index contributed by atoms with van der Waals surface area (Å²) < 4.78 is 11.0. The second-order valence-corrected chi connectivity index (χ2v) is 7.17. The van der Waals surface area contributed by atoms with Gasteiger partial charge in [0.25, 0.3) is 0 Å². The molecule has 0 radical (unpaired) electrons. The number of benzene rings is 2. The lowest BCUT2D eigenvalue weighted by Crippen LogP contribution is -2.05. The number of nitriles is 2. The van der Waals surface area contributed by atoms with Gasteiger partial charge in [0, 0.05) is 10.5 Å². The number of rotatable bonds is 5. The van der Waals surface area contributed by atoms with Crippen LogP contribution < -0.4 is 15.2 Å². The van der Waals surface area contributed by atoms with Gasteiger partial charge in [0.2, 0.25) is 0 Å². The summed E-state index contributed by atoms with van der Waals surface area (Å²) in [6.45, 7) is 2.00. The van der Waals surface area contributed by atoms with Crippen LogP contribution in [-0.2, 0) is 0 Å². The number of aromatic nitrogens is 1. The molecule has 1 heterocycles. The van der Waals surface area contributed by atoms with Gasteiger partial charge in [0.05, 0.1) is 25.3 Å². The number of nitrogen functional groups attached to an aromatic ring is 1. The van der Waals surface area contributed by atoms with Crippen molar-refractivity contribution in [1.29, 1.82) is 10.5 Å². The molecule has 7 heteroatoms. The van der Waals surface area contributed by atoms with Gasteiger partial charge in [-0.15, -0.1) is 0 Å². The van der Waals surface area contributed by atoms with Crippen molar-refractivity contribution < 1.29 is 9.47 Å². The Morgan fingerprint density at radius 2 is 1.48 bits per heavy atom. The maximum absolute atomic E-state index is 9.99. The number of hydrogen-bond donors (Lipinski definition) is 1. The van der Waals surface area contributed by atoms with Crippen LogP contribution in [0.5, 0.6) is 11.5 Å². The lowest BCUT2D eigenvalue weighted by atomic mass is 9.95. The van der Waals surface area contributed by atoms with E-state index in [0.29, 0.717) is 27.7 Å². The highest BCUT2D eigenvalue weighted by atomic mass is 32.2. The van der Waals surface area contributed by atoms with Crippen LogP contribution in [0.3, 0.4) is 0 Å². The minimum atomic E-state index is 0.0454. The second kappa shape index (κ2) is 8.55. The monoisotopic (exact) mass is 402 g/mol. The van der Waals surface area contributed by atoms with E-state index in [4.69, 9.17) is 15.2 Å². The number of hydrogen-bond acceptors (Lipinski definition) is 7. The zero-order chi connectivity index (χ0) is 21.0. The molecular weight excluding hydrogens is 384 g/mol. The number of nitrogens with zero attached hydrogens (tertiary/aromatic N) is 3. The zero-order valence-electron chi connectivity index (χ0n) is 16.2. The topological polar surface area (TPSA) is 105 Å². The highest BCUT2D eigenvalue weighted by Gasteiger charge is 2.25. The minimum absolute atomic E-state index is 0.0454. The molecule has 2 aromatic carbocycles. The van der Waals surface area contributed by atoms with Crippen molar-refractivity contribution in [2.45, 2.75) is 16.8 Å². The molecular formula is C22H18N4O2S. The lowest BCUT2D eigenvalue weighted by Gasteiger charge is -2.17. The van der Waals surface area contributed by atoms with Crippen LogP contribution in [0.4, 0.5) is 5.82 Å². The Labute approximate surface area is 173 Å². The fourth-order valence-corrected chi connectivity index (χ4v) is 3.83. The SMILES string of the molecule is COc1cccc(OC)c1-c1c(C#N)c(N)nc(Sc2ccc(C)cc2)c1C#N. The van der Waals surface area contributed by atoms with Crippen molar-refractivity contribution in [3.63, 3.8) is 0 Å². The average Bonchev–Trinajstić information content (AvgIpc) is 2.74. The summed E-state index contributed by atoms with van der Waals surface area (Å²) in [5.74, 6) is 0.979. The molecule has 1 aromatic heterocycles. The van der Waals surface area contributed by atoms with Gasteiger partial charge in [0.15, 0.2) is 0 Å². The number of nitrogens with two attached hydrogens (primary N) is 1. The van der Waals surface area contributed by atoms with Gasteiger partial charge < -0.3 is 15.2 Å². The Balaban J connectivity index is 2.33. The molecule has 0 aliphatic carbocycles. The van der Waals surface area contributed by atoms with Crippen molar-refractivity contribution in [1.82, 2.24) is 4.98 Å². The van der Waals surface area contributed by atoms with E-state index in [9.17, 15) is 10.5 Å². The van der Waals surface area contributed by atoms with Gasteiger partial charge in [-0.3, -0.25) is 0 Å². The van der Waals surface area contributed by atoms with E-state index >= 15 is 0 Å². The van der Waals surface area contributed by atoms with E-state index in [2.05, 4.69) is 17.1 Å². The molecule has 0 amide bonds. The van der Waals surface area contributed by atoms with Crippen LogP contribution in [0.1, 0.15) is 16.7 Å². The maximum Gasteiger partial charge on any atom is 0.143 e. The van der Waals surface area contributed by atoms with Crippen molar-refractivity contribution in [2.75, 3.05) is 20.0 Å². The first-order valence-electron chi connectivity index (χ1n) is 8.63. The van der Waals surface area contributed by atoms with Gasteiger partial charge in [-0.25, -0.2) is 4.98 Å². The van der Waals surface area contributed by atoms with E-state index in [-0.39, 0.29) is 16.9 Å². The predicted molar refractivity (Wildman–Crippen MR) is 112 cm³/mol. The fraction of sp³-hybridized carbons (Fsp3) is 0.136. The molecule has 0 fully saturated rings. The average molecular weight is 402 g/mol. The Morgan fingerprint density at radius 3 is 2.00 bits per heavy atom. The molecule has 0 saturated carbocycles. The molecule has 0 spiro atoms. The number of anilines is 1. The number of methoxy groups -OCH3 is 2. The highest BCUT2D eigenvalue weighted by molar-refractivity contribution is 7.99. The van der Waals surface area contributed by atoms with Crippen LogP contribution in [0, 0.1) is 29.6 Å². The number of ether oxygens (including phenoxy) is 2. The van der Waals surface area contributed by atoms with Crippen LogP contribution in [-0.4, -0.2) is 19.2 Å². The van der Waals surface area contributed by atoms with Crippen molar-refractivity contribution in [2.24, 2.45) is 0 Å². The Hall–Kier alpha value is -3.68. The third kappa shape index (κ3) is 3.82. The molecule has 0 saturated heterocycles. The molecule has 3 aromatic rings. The Bertz CT molecular complexity index is 1120. The molecule has 2 N–H and O–H groups in total. The van der Waals surface area contributed by atoms with Crippen molar-refractivity contribution in [3.8, 4) is 34.8 Å². The van der Waals surface area contributed by atoms with Crippen LogP contribution in [0.15, 0.2) is 52.4 Å². The van der Waals surface area contributed by atoms with Gasteiger partial charge in [-0.05, 0) is 31.2 Å². The quantitative estimate of drug-likeness (QED) is 0.667. The second-order valence-electron chi connectivity index (χ2n) is 6.10. The van der Waals surface area contributed by atoms with Crippen LogP contribution in [0.25, 0.3) is 11.1 Å². The van der Waals surface area contributed by atoms with E-state index in [1.807, 2.05) is 31.2 Å². The molecule has 3 rings (SSSR count). The fourth-order valence-electron chi connectivity index (χ4n) is 2.94. The first-order valence-corrected chi connectivity index (χ1v) is 9.45. The Kier molecular flexibility index (Phi) is 5.92. The number of pyridine rings is 1. The van der Waals surface area contributed by atoms with E-state index < -0.39 is 0 Å². The maximum atomic E-state index is 9.99. The zero-order valence-corrected chi connectivity index (χ0v) is 17.0. The van der Waals surface area contributed by atoms with E-state index in [0.717, 1.165) is 10.5 Å². The van der Waals surface area contributed by atoms with E-state index in [1.165, 1.54) is 26.0 Å². The standard InChI is InChI=1S/C22H18N4O2S/c1-13-7-9-14(10-8-13)29-22-16(12-24)19(15(11-23)21(25)26-22)20-17(27-2)5-4-6-18(20)28-3/h4-10H,1-3H3,(H2,25,26). The summed E-state index contributed by atoms with van der Waals surface area (Å²) in [7, 11) is 3.03. The molecule has 0 unspecified atom stereocenters. The molecule has 0 atom stereocenters. The summed E-state index contributed by atoms with van der Waals surface area (Å²) >= 11 is 1.31.